The molecule has 1 aromatic rings. The molecular formula is C12H17F3N2O. The molecule has 0 aliphatic carbocycles. The summed E-state index contributed by atoms with van der Waals surface area (Å²) in [7, 11) is 0. The van der Waals surface area contributed by atoms with Crippen molar-refractivity contribution < 1.29 is 18.3 Å². The molecule has 1 aromatic carbocycles. The summed E-state index contributed by atoms with van der Waals surface area (Å²) < 4.78 is 36.9. The van der Waals surface area contributed by atoms with E-state index in [-0.39, 0.29) is 19.7 Å². The molecule has 0 spiro atoms. The molecule has 0 heterocycles. The average molecular weight is 262 g/mol. The Balaban J connectivity index is 2.64. The maximum atomic E-state index is 12.3. The molecule has 0 bridgehead atoms. The predicted molar refractivity (Wildman–Crippen MR) is 62.8 cm³/mol. The molecule has 0 saturated carbocycles. The summed E-state index contributed by atoms with van der Waals surface area (Å²) in [5.74, 6) is 0. The van der Waals surface area contributed by atoms with E-state index in [0.29, 0.717) is 6.54 Å². The van der Waals surface area contributed by atoms with Gasteiger partial charge in [-0.05, 0) is 11.1 Å². The van der Waals surface area contributed by atoms with Gasteiger partial charge in [-0.2, -0.15) is 13.2 Å². The third-order valence-corrected chi connectivity index (χ3v) is 2.48. The molecule has 0 aliphatic rings. The number of benzene rings is 1. The normalized spacial score (nSPS) is 12.1. The summed E-state index contributed by atoms with van der Waals surface area (Å²) in [6, 6.07) is 7.09. The van der Waals surface area contributed by atoms with Gasteiger partial charge in [-0.1, -0.05) is 24.3 Å². The second-order valence-electron chi connectivity index (χ2n) is 4.07. The first-order chi connectivity index (χ1) is 8.44. The quantitative estimate of drug-likeness (QED) is 0.817. The number of aliphatic hydroxyl groups is 1. The van der Waals surface area contributed by atoms with Gasteiger partial charge in [0, 0.05) is 19.6 Å². The third kappa shape index (κ3) is 5.48. The van der Waals surface area contributed by atoms with Crippen LogP contribution in [0.3, 0.4) is 0 Å². The van der Waals surface area contributed by atoms with Crippen LogP contribution in [0, 0.1) is 0 Å². The number of aliphatic hydroxyl groups excluding tert-OH is 1. The highest BCUT2D eigenvalue weighted by molar-refractivity contribution is 5.22. The lowest BCUT2D eigenvalue weighted by Gasteiger charge is -2.22. The van der Waals surface area contributed by atoms with Crippen molar-refractivity contribution in [2.24, 2.45) is 5.73 Å². The lowest BCUT2D eigenvalue weighted by molar-refractivity contribution is -0.147. The smallest absolute Gasteiger partial charge is 0.395 e. The minimum absolute atomic E-state index is 0.00184. The standard InChI is InChI=1S/C12H17F3N2O/c13-12(14,15)9-17(5-6-18)8-11-3-1-10(7-16)2-4-11/h1-4,18H,5-9,16H2. The Hall–Kier alpha value is -1.11. The summed E-state index contributed by atoms with van der Waals surface area (Å²) >= 11 is 0. The van der Waals surface area contributed by atoms with E-state index in [1.165, 1.54) is 0 Å². The van der Waals surface area contributed by atoms with Crippen molar-refractivity contribution >= 4 is 0 Å². The van der Waals surface area contributed by atoms with E-state index in [4.69, 9.17) is 10.8 Å². The van der Waals surface area contributed by atoms with Crippen molar-refractivity contribution in [3.8, 4) is 0 Å². The van der Waals surface area contributed by atoms with Crippen LogP contribution in [-0.4, -0.2) is 35.9 Å². The molecule has 18 heavy (non-hydrogen) atoms. The van der Waals surface area contributed by atoms with Gasteiger partial charge in [-0.3, -0.25) is 4.90 Å². The molecule has 0 unspecified atom stereocenters. The van der Waals surface area contributed by atoms with Gasteiger partial charge in [0.2, 0.25) is 0 Å². The summed E-state index contributed by atoms with van der Waals surface area (Å²) in [6.45, 7) is -0.755. The molecule has 1 rings (SSSR count). The van der Waals surface area contributed by atoms with Crippen LogP contribution >= 0.6 is 0 Å². The van der Waals surface area contributed by atoms with E-state index in [9.17, 15) is 13.2 Å². The highest BCUT2D eigenvalue weighted by Gasteiger charge is 2.30. The molecule has 0 radical (unpaired) electrons. The number of hydrogen-bond donors (Lipinski definition) is 2. The molecule has 0 saturated heterocycles. The molecule has 3 N–H and O–H groups in total. The molecule has 6 heteroatoms. The van der Waals surface area contributed by atoms with Crippen LogP contribution in [0.4, 0.5) is 13.2 Å². The Morgan fingerprint density at radius 1 is 1.11 bits per heavy atom. The van der Waals surface area contributed by atoms with Crippen LogP contribution in [0.2, 0.25) is 0 Å². The van der Waals surface area contributed by atoms with Crippen LogP contribution in [0.15, 0.2) is 24.3 Å². The van der Waals surface area contributed by atoms with Crippen LogP contribution in [0.5, 0.6) is 0 Å². The number of hydrogen-bond acceptors (Lipinski definition) is 3. The molecule has 0 atom stereocenters. The van der Waals surface area contributed by atoms with Crippen molar-refractivity contribution in [3.63, 3.8) is 0 Å². The van der Waals surface area contributed by atoms with Gasteiger partial charge in [0.05, 0.1) is 13.2 Å². The Kier molecular flexibility index (Phi) is 5.58. The summed E-state index contributed by atoms with van der Waals surface area (Å²) in [4.78, 5) is 1.16. The van der Waals surface area contributed by atoms with Crippen molar-refractivity contribution in [2.45, 2.75) is 19.3 Å². The fourth-order valence-electron chi connectivity index (χ4n) is 1.65. The van der Waals surface area contributed by atoms with E-state index in [1.807, 2.05) is 0 Å². The third-order valence-electron chi connectivity index (χ3n) is 2.48. The van der Waals surface area contributed by atoms with Crippen molar-refractivity contribution in [3.05, 3.63) is 35.4 Å². The average Bonchev–Trinajstić information content (AvgIpc) is 2.28. The first-order valence-electron chi connectivity index (χ1n) is 5.62. The maximum absolute atomic E-state index is 12.3. The number of alkyl halides is 3. The Morgan fingerprint density at radius 2 is 1.67 bits per heavy atom. The van der Waals surface area contributed by atoms with Crippen molar-refractivity contribution in [1.29, 1.82) is 0 Å². The van der Waals surface area contributed by atoms with Gasteiger partial charge in [0.15, 0.2) is 0 Å². The SMILES string of the molecule is NCc1ccc(CN(CCO)CC(F)(F)F)cc1. The molecule has 0 fully saturated rings. The van der Waals surface area contributed by atoms with Crippen molar-refractivity contribution in [1.82, 2.24) is 4.90 Å². The van der Waals surface area contributed by atoms with Crippen LogP contribution in [-0.2, 0) is 13.1 Å². The zero-order chi connectivity index (χ0) is 13.6. The van der Waals surface area contributed by atoms with Gasteiger partial charge in [-0.15, -0.1) is 0 Å². The zero-order valence-corrected chi connectivity index (χ0v) is 9.95. The minimum atomic E-state index is -4.26. The lowest BCUT2D eigenvalue weighted by atomic mass is 10.1. The molecule has 0 aliphatic heterocycles. The molecule has 0 aromatic heterocycles. The van der Waals surface area contributed by atoms with Gasteiger partial charge < -0.3 is 10.8 Å². The van der Waals surface area contributed by atoms with Gasteiger partial charge >= 0.3 is 6.18 Å². The fraction of sp³-hybridized carbons (Fsp3) is 0.500. The second-order valence-corrected chi connectivity index (χ2v) is 4.07. The first kappa shape index (κ1) is 14.9. The highest BCUT2D eigenvalue weighted by Crippen LogP contribution is 2.18. The molecule has 0 amide bonds. The fourth-order valence-corrected chi connectivity index (χ4v) is 1.65. The van der Waals surface area contributed by atoms with Gasteiger partial charge in [0.25, 0.3) is 0 Å². The number of nitrogens with zero attached hydrogens (tertiary/aromatic N) is 1. The first-order valence-corrected chi connectivity index (χ1v) is 5.62. The van der Waals surface area contributed by atoms with E-state index in [0.717, 1.165) is 16.0 Å². The Labute approximate surface area is 104 Å². The van der Waals surface area contributed by atoms with Crippen LogP contribution in [0.25, 0.3) is 0 Å². The van der Waals surface area contributed by atoms with Crippen LogP contribution < -0.4 is 5.73 Å². The van der Waals surface area contributed by atoms with Gasteiger partial charge in [0.1, 0.15) is 0 Å². The Bertz CT molecular complexity index is 351. The minimum Gasteiger partial charge on any atom is -0.395 e. The summed E-state index contributed by atoms with van der Waals surface area (Å²) in [5.41, 5.74) is 7.14. The Morgan fingerprint density at radius 3 is 2.11 bits per heavy atom. The number of rotatable bonds is 6. The van der Waals surface area contributed by atoms with E-state index >= 15 is 0 Å². The summed E-state index contributed by atoms with van der Waals surface area (Å²) in [6.07, 6.45) is -4.26. The lowest BCUT2D eigenvalue weighted by Crippen LogP contribution is -2.35. The largest absolute Gasteiger partial charge is 0.401 e. The molecule has 102 valence electrons. The predicted octanol–water partition coefficient (Wildman–Crippen LogP) is 1.50. The molecule has 3 nitrogen and oxygen atoms in total. The van der Waals surface area contributed by atoms with Crippen LogP contribution in [0.1, 0.15) is 11.1 Å². The monoisotopic (exact) mass is 262 g/mol. The summed E-state index contributed by atoms with van der Waals surface area (Å²) in [5, 5.41) is 8.77. The van der Waals surface area contributed by atoms with Crippen molar-refractivity contribution in [2.75, 3.05) is 19.7 Å². The van der Waals surface area contributed by atoms with E-state index < -0.39 is 12.7 Å². The van der Waals surface area contributed by atoms with E-state index in [1.54, 1.807) is 24.3 Å². The molecular weight excluding hydrogens is 245 g/mol. The maximum Gasteiger partial charge on any atom is 0.401 e. The number of halogens is 3. The van der Waals surface area contributed by atoms with Gasteiger partial charge in [-0.25, -0.2) is 0 Å². The number of nitrogens with two attached hydrogens (primary N) is 1. The highest BCUT2D eigenvalue weighted by atomic mass is 19.4. The topological polar surface area (TPSA) is 49.5 Å². The zero-order valence-electron chi connectivity index (χ0n) is 9.95. The second kappa shape index (κ2) is 6.72. The van der Waals surface area contributed by atoms with E-state index in [2.05, 4.69) is 0 Å².